The molecule has 2 aromatic rings. The number of rotatable bonds is 6. The van der Waals surface area contributed by atoms with E-state index in [-0.39, 0.29) is 24.0 Å². The summed E-state index contributed by atoms with van der Waals surface area (Å²) in [6.07, 6.45) is -3.92. The smallest absolute Gasteiger partial charge is 0.321 e. The van der Waals surface area contributed by atoms with Crippen LogP contribution in [0.15, 0.2) is 27.9 Å². The maximum absolute atomic E-state index is 13.5. The first-order valence-corrected chi connectivity index (χ1v) is 9.21. The minimum absolute atomic E-state index is 0.0902. The number of nitrogens with one attached hydrogen (secondary N) is 1. The molecule has 0 atom stereocenters. The quantitative estimate of drug-likeness (QED) is 0.843. The van der Waals surface area contributed by atoms with E-state index in [2.05, 4.69) is 11.1 Å². The summed E-state index contributed by atoms with van der Waals surface area (Å²) >= 11 is 0. The van der Waals surface area contributed by atoms with Crippen LogP contribution in [0.4, 0.5) is 13.2 Å². The van der Waals surface area contributed by atoms with Crippen LogP contribution >= 0.6 is 0 Å². The van der Waals surface area contributed by atoms with Crippen molar-refractivity contribution in [1.29, 1.82) is 0 Å². The summed E-state index contributed by atoms with van der Waals surface area (Å²) in [5.41, 5.74) is -2.07. The average molecular weight is 375 g/mol. The standard InChI is InChI=1S/C16H18F3N2O3S/c1-3-7-21(8-4-2)25(23,24)14-9-11-5-6-15(22)20-13(11)10-12(14)16(17,18)19/h5,9-10H,3-4,7-8H2,1-2H3,(H,20,22). The van der Waals surface area contributed by atoms with Gasteiger partial charge in [0.25, 0.3) is 5.56 Å². The van der Waals surface area contributed by atoms with Gasteiger partial charge in [-0.05, 0) is 31.0 Å². The first kappa shape index (κ1) is 19.5. The van der Waals surface area contributed by atoms with Crippen molar-refractivity contribution in [3.05, 3.63) is 40.2 Å². The molecular formula is C16H18F3N2O3S. The third kappa shape index (κ3) is 4.04. The fraction of sp³-hybridized carbons (Fsp3) is 0.438. The number of halogens is 3. The Labute approximate surface area is 143 Å². The van der Waals surface area contributed by atoms with Gasteiger partial charge in [0.1, 0.15) is 0 Å². The molecule has 1 aromatic heterocycles. The van der Waals surface area contributed by atoms with Gasteiger partial charge in [0, 0.05) is 24.0 Å². The Kier molecular flexibility index (Phi) is 5.58. The number of hydrogen-bond acceptors (Lipinski definition) is 3. The monoisotopic (exact) mass is 375 g/mol. The number of pyridine rings is 1. The molecule has 0 saturated heterocycles. The Morgan fingerprint density at radius 2 is 1.76 bits per heavy atom. The maximum atomic E-state index is 13.5. The van der Waals surface area contributed by atoms with Crippen LogP contribution in [0.2, 0.25) is 0 Å². The van der Waals surface area contributed by atoms with E-state index in [1.165, 1.54) is 6.07 Å². The third-order valence-electron chi connectivity index (χ3n) is 3.63. The van der Waals surface area contributed by atoms with Gasteiger partial charge in [0.05, 0.1) is 16.5 Å². The van der Waals surface area contributed by atoms with Crippen molar-refractivity contribution >= 4 is 20.9 Å². The molecule has 0 aliphatic rings. The van der Waals surface area contributed by atoms with Crippen molar-refractivity contribution < 1.29 is 21.6 Å². The molecule has 137 valence electrons. The Hall–Kier alpha value is -1.87. The molecule has 1 N–H and O–H groups in total. The van der Waals surface area contributed by atoms with Crippen LogP contribution in [-0.4, -0.2) is 30.8 Å². The molecule has 1 radical (unpaired) electrons. The summed E-state index contributed by atoms with van der Waals surface area (Å²) in [5, 5.41) is 0.166. The Morgan fingerprint density at radius 1 is 1.16 bits per heavy atom. The molecule has 0 saturated carbocycles. The number of hydrogen-bond donors (Lipinski definition) is 1. The molecule has 0 spiro atoms. The number of H-pyrrole nitrogens is 1. The van der Waals surface area contributed by atoms with Crippen molar-refractivity contribution in [3.63, 3.8) is 0 Å². The molecule has 1 heterocycles. The minimum atomic E-state index is -4.88. The number of sulfonamides is 1. The Morgan fingerprint density at radius 3 is 2.28 bits per heavy atom. The summed E-state index contributed by atoms with van der Waals surface area (Å²) in [5.74, 6) is 0. The van der Waals surface area contributed by atoms with Gasteiger partial charge in [0.15, 0.2) is 0 Å². The molecule has 0 bridgehead atoms. The topological polar surface area (TPSA) is 70.2 Å². The number of benzene rings is 1. The predicted molar refractivity (Wildman–Crippen MR) is 87.7 cm³/mol. The second-order valence-electron chi connectivity index (χ2n) is 5.58. The van der Waals surface area contributed by atoms with E-state index in [4.69, 9.17) is 0 Å². The molecule has 5 nitrogen and oxygen atoms in total. The van der Waals surface area contributed by atoms with E-state index in [1.807, 2.05) is 0 Å². The van der Waals surface area contributed by atoms with E-state index < -0.39 is 32.2 Å². The molecule has 0 aliphatic carbocycles. The summed E-state index contributed by atoms with van der Waals surface area (Å²) in [6.45, 7) is 3.76. The van der Waals surface area contributed by atoms with Crippen molar-refractivity contribution in [3.8, 4) is 0 Å². The van der Waals surface area contributed by atoms with Crippen LogP contribution in [0.5, 0.6) is 0 Å². The average Bonchev–Trinajstić information content (AvgIpc) is 2.52. The van der Waals surface area contributed by atoms with Crippen LogP contribution in [0.1, 0.15) is 32.3 Å². The molecule has 9 heteroatoms. The van der Waals surface area contributed by atoms with Gasteiger partial charge < -0.3 is 4.98 Å². The van der Waals surface area contributed by atoms with Crippen LogP contribution < -0.4 is 5.56 Å². The molecule has 0 unspecified atom stereocenters. The van der Waals surface area contributed by atoms with Gasteiger partial charge in [-0.3, -0.25) is 4.79 Å². The largest absolute Gasteiger partial charge is 0.417 e. The van der Waals surface area contributed by atoms with Crippen molar-refractivity contribution in [2.75, 3.05) is 13.1 Å². The maximum Gasteiger partial charge on any atom is 0.417 e. The zero-order valence-electron chi connectivity index (χ0n) is 13.8. The van der Waals surface area contributed by atoms with Gasteiger partial charge in [-0.25, -0.2) is 8.42 Å². The van der Waals surface area contributed by atoms with Crippen molar-refractivity contribution in [1.82, 2.24) is 9.29 Å². The number of fused-ring (bicyclic) bond motifs is 1. The van der Waals surface area contributed by atoms with Gasteiger partial charge in [-0.1, -0.05) is 13.8 Å². The number of alkyl halides is 3. The predicted octanol–water partition coefficient (Wildman–Crippen LogP) is 3.16. The van der Waals surface area contributed by atoms with E-state index in [0.717, 1.165) is 10.4 Å². The zero-order valence-corrected chi connectivity index (χ0v) is 14.6. The van der Waals surface area contributed by atoms with Crippen molar-refractivity contribution in [2.24, 2.45) is 0 Å². The molecule has 0 amide bonds. The van der Waals surface area contributed by atoms with Crippen LogP contribution in [0, 0.1) is 6.07 Å². The zero-order chi connectivity index (χ0) is 18.8. The molecule has 25 heavy (non-hydrogen) atoms. The summed E-state index contributed by atoms with van der Waals surface area (Å²) in [6, 6.07) is 5.07. The lowest BCUT2D eigenvalue weighted by Crippen LogP contribution is -2.34. The minimum Gasteiger partial charge on any atom is -0.321 e. The second kappa shape index (κ2) is 7.17. The normalized spacial score (nSPS) is 12.9. The first-order chi connectivity index (χ1) is 11.6. The van der Waals surface area contributed by atoms with Crippen LogP contribution in [0.25, 0.3) is 10.9 Å². The highest BCUT2D eigenvalue weighted by molar-refractivity contribution is 7.89. The fourth-order valence-electron chi connectivity index (χ4n) is 2.55. The molecule has 0 aliphatic heterocycles. The van der Waals surface area contributed by atoms with Crippen molar-refractivity contribution in [2.45, 2.75) is 37.8 Å². The second-order valence-corrected chi connectivity index (χ2v) is 7.49. The highest BCUT2D eigenvalue weighted by Gasteiger charge is 2.39. The lowest BCUT2D eigenvalue weighted by Gasteiger charge is -2.23. The van der Waals surface area contributed by atoms with E-state index in [1.54, 1.807) is 13.8 Å². The SMILES string of the molecule is CCCN(CCC)S(=O)(=O)c1cc2c[c]c(=O)[nH]c2cc1C(F)(F)F. The molecule has 1 aromatic carbocycles. The summed E-state index contributed by atoms with van der Waals surface area (Å²) in [7, 11) is -4.33. The lowest BCUT2D eigenvalue weighted by molar-refractivity contribution is -0.139. The number of aromatic nitrogens is 1. The Balaban J connectivity index is 2.77. The van der Waals surface area contributed by atoms with Gasteiger partial charge in [-0.15, -0.1) is 0 Å². The number of nitrogens with zero attached hydrogens (tertiary/aromatic N) is 1. The van der Waals surface area contributed by atoms with E-state index >= 15 is 0 Å². The Bertz CT molecular complexity index is 914. The third-order valence-corrected chi connectivity index (χ3v) is 5.57. The van der Waals surface area contributed by atoms with Crippen LogP contribution in [-0.2, 0) is 16.2 Å². The lowest BCUT2D eigenvalue weighted by atomic mass is 10.1. The molecule has 0 fully saturated rings. The van der Waals surface area contributed by atoms with E-state index in [9.17, 15) is 26.4 Å². The summed E-state index contributed by atoms with van der Waals surface area (Å²) < 4.78 is 67.1. The van der Waals surface area contributed by atoms with Gasteiger partial charge in [-0.2, -0.15) is 17.5 Å². The fourth-order valence-corrected chi connectivity index (χ4v) is 4.40. The summed E-state index contributed by atoms with van der Waals surface area (Å²) in [4.78, 5) is 12.7. The number of aromatic amines is 1. The highest BCUT2D eigenvalue weighted by atomic mass is 32.2. The molecular weight excluding hydrogens is 357 g/mol. The van der Waals surface area contributed by atoms with Gasteiger partial charge >= 0.3 is 6.18 Å². The van der Waals surface area contributed by atoms with Gasteiger partial charge in [0.2, 0.25) is 10.0 Å². The highest BCUT2D eigenvalue weighted by Crippen LogP contribution is 2.37. The van der Waals surface area contributed by atoms with Crippen LogP contribution in [0.3, 0.4) is 0 Å². The van der Waals surface area contributed by atoms with E-state index in [0.29, 0.717) is 18.9 Å². The first-order valence-electron chi connectivity index (χ1n) is 7.77. The molecule has 2 rings (SSSR count).